The van der Waals surface area contributed by atoms with Gasteiger partial charge in [-0.1, -0.05) is 29.3 Å². The molecule has 1 N–H and O–H groups in total. The predicted molar refractivity (Wildman–Crippen MR) is 115 cm³/mol. The number of benzene rings is 2. The van der Waals surface area contributed by atoms with Crippen LogP contribution in [0, 0.1) is 6.92 Å². The molecule has 0 aliphatic carbocycles. The first-order chi connectivity index (χ1) is 15.0. The average molecular weight is 484 g/mol. The predicted octanol–water partition coefficient (Wildman–Crippen LogP) is 4.90. The molecule has 3 rings (SSSR count). The third kappa shape index (κ3) is 5.38. The van der Waals surface area contributed by atoms with Crippen molar-refractivity contribution in [2.45, 2.75) is 18.0 Å². The molecule has 3 aromatic rings. The third-order valence-corrected chi connectivity index (χ3v) is 6.50. The Hall–Kier alpha value is -3.11. The number of hydrogen-bond acceptors (Lipinski definition) is 4. The van der Waals surface area contributed by atoms with Gasteiger partial charge in [-0.15, -0.1) is 0 Å². The summed E-state index contributed by atoms with van der Waals surface area (Å²) in [7, 11) is -4.39. The highest BCUT2D eigenvalue weighted by Gasteiger charge is 2.35. The molecule has 0 aliphatic heterocycles. The number of halogens is 4. The molecule has 11 heteroatoms. The van der Waals surface area contributed by atoms with E-state index >= 15 is 0 Å². The lowest BCUT2D eigenvalue weighted by Gasteiger charge is -2.25. The van der Waals surface area contributed by atoms with Crippen molar-refractivity contribution in [1.29, 1.82) is 0 Å². The van der Waals surface area contributed by atoms with E-state index in [1.165, 1.54) is 30.6 Å². The molecule has 0 atom stereocenters. The molecule has 0 radical (unpaired) electrons. The van der Waals surface area contributed by atoms with Crippen LogP contribution in [0.2, 0.25) is 5.02 Å². The lowest BCUT2D eigenvalue weighted by atomic mass is 10.2. The number of aryl methyl sites for hydroxylation is 1. The second-order valence-corrected chi connectivity index (χ2v) is 9.05. The second kappa shape index (κ2) is 9.17. The van der Waals surface area contributed by atoms with Crippen molar-refractivity contribution < 1.29 is 26.4 Å². The topological polar surface area (TPSA) is 79.4 Å². The van der Waals surface area contributed by atoms with Gasteiger partial charge in [-0.3, -0.25) is 14.1 Å². The van der Waals surface area contributed by atoms with E-state index in [9.17, 15) is 26.4 Å². The molecule has 0 bridgehead atoms. The molecule has 1 amide bonds. The zero-order valence-corrected chi connectivity index (χ0v) is 18.2. The minimum Gasteiger partial charge on any atom is -0.323 e. The van der Waals surface area contributed by atoms with Crippen molar-refractivity contribution in [3.05, 3.63) is 83.1 Å². The molecule has 1 aromatic heterocycles. The zero-order valence-electron chi connectivity index (χ0n) is 16.6. The number of anilines is 2. The molecule has 0 fully saturated rings. The number of sulfonamides is 1. The minimum absolute atomic E-state index is 0.180. The van der Waals surface area contributed by atoms with E-state index in [4.69, 9.17) is 11.6 Å². The van der Waals surface area contributed by atoms with Gasteiger partial charge in [0.1, 0.15) is 6.54 Å². The molecule has 0 aliphatic rings. The second-order valence-electron chi connectivity index (χ2n) is 6.78. The van der Waals surface area contributed by atoms with E-state index in [1.54, 1.807) is 25.1 Å². The van der Waals surface area contributed by atoms with Crippen LogP contribution in [0.1, 0.15) is 11.1 Å². The van der Waals surface area contributed by atoms with Crippen LogP contribution in [0.3, 0.4) is 0 Å². The maximum absolute atomic E-state index is 13.4. The monoisotopic (exact) mass is 483 g/mol. The fraction of sp³-hybridized carbons (Fsp3) is 0.143. The van der Waals surface area contributed by atoms with Crippen molar-refractivity contribution in [2.75, 3.05) is 16.2 Å². The van der Waals surface area contributed by atoms with Crippen LogP contribution in [0.5, 0.6) is 0 Å². The summed E-state index contributed by atoms with van der Waals surface area (Å²) in [5.74, 6) is -0.766. The Bertz CT molecular complexity index is 1220. The van der Waals surface area contributed by atoms with Gasteiger partial charge in [-0.05, 0) is 49.4 Å². The Morgan fingerprint density at radius 1 is 1.12 bits per heavy atom. The average Bonchev–Trinajstić information content (AvgIpc) is 2.73. The summed E-state index contributed by atoms with van der Waals surface area (Å²) in [6.45, 7) is 0.981. The van der Waals surface area contributed by atoms with E-state index in [0.717, 1.165) is 17.7 Å². The maximum atomic E-state index is 13.4. The summed E-state index contributed by atoms with van der Waals surface area (Å²) in [5.41, 5.74) is -0.481. The number of amides is 1. The largest absolute Gasteiger partial charge is 0.417 e. The lowest BCUT2D eigenvalue weighted by molar-refractivity contribution is -0.137. The van der Waals surface area contributed by atoms with Crippen molar-refractivity contribution in [1.82, 2.24) is 4.98 Å². The molecule has 0 spiro atoms. The molecule has 168 valence electrons. The molecule has 32 heavy (non-hydrogen) atoms. The van der Waals surface area contributed by atoms with Crippen LogP contribution in [-0.2, 0) is 21.0 Å². The van der Waals surface area contributed by atoms with Gasteiger partial charge in [0, 0.05) is 6.20 Å². The zero-order chi connectivity index (χ0) is 23.5. The van der Waals surface area contributed by atoms with Crippen LogP contribution < -0.4 is 9.62 Å². The smallest absolute Gasteiger partial charge is 0.323 e. The molecule has 2 aromatic carbocycles. The third-order valence-electron chi connectivity index (χ3n) is 4.38. The Kier molecular flexibility index (Phi) is 6.75. The Labute approximate surface area is 187 Å². The first-order valence-electron chi connectivity index (χ1n) is 9.14. The number of aromatic nitrogens is 1. The van der Waals surface area contributed by atoms with Crippen molar-refractivity contribution >= 4 is 38.9 Å². The standard InChI is InChI=1S/C21H17ClF3N3O3S/c1-14-4-7-17(8-5-14)32(30,31)28(13-20(29)27-15-3-2-10-26-12-15)16-6-9-19(22)18(11-16)21(23,24)25/h2-12H,13H2,1H3,(H,27,29). The number of hydrogen-bond donors (Lipinski definition) is 1. The number of carbonyl (C=O) groups is 1. The quantitative estimate of drug-likeness (QED) is 0.541. The van der Waals surface area contributed by atoms with E-state index in [1.807, 2.05) is 0 Å². The lowest BCUT2D eigenvalue weighted by Crippen LogP contribution is -2.38. The van der Waals surface area contributed by atoms with Crippen LogP contribution >= 0.6 is 11.6 Å². The van der Waals surface area contributed by atoms with Gasteiger partial charge >= 0.3 is 6.18 Å². The number of carbonyl (C=O) groups excluding carboxylic acids is 1. The van der Waals surface area contributed by atoms with Gasteiger partial charge in [0.15, 0.2) is 0 Å². The SMILES string of the molecule is Cc1ccc(S(=O)(=O)N(CC(=O)Nc2cccnc2)c2ccc(Cl)c(C(F)(F)F)c2)cc1. The summed E-state index contributed by atoms with van der Waals surface area (Å²) in [5, 5.41) is 1.89. The van der Waals surface area contributed by atoms with Crippen molar-refractivity contribution in [2.24, 2.45) is 0 Å². The molecule has 6 nitrogen and oxygen atoms in total. The summed E-state index contributed by atoms with van der Waals surface area (Å²) in [4.78, 5) is 16.2. The Morgan fingerprint density at radius 3 is 2.41 bits per heavy atom. The van der Waals surface area contributed by atoms with Gasteiger partial charge in [0.05, 0.1) is 33.1 Å². The van der Waals surface area contributed by atoms with E-state index < -0.39 is 39.2 Å². The number of nitrogens with zero attached hydrogens (tertiary/aromatic N) is 2. The Balaban J connectivity index is 2.05. The van der Waals surface area contributed by atoms with E-state index in [2.05, 4.69) is 10.3 Å². The van der Waals surface area contributed by atoms with Crippen LogP contribution in [0.4, 0.5) is 24.5 Å². The van der Waals surface area contributed by atoms with E-state index in [0.29, 0.717) is 16.1 Å². The van der Waals surface area contributed by atoms with Gasteiger partial charge in [0.25, 0.3) is 10.0 Å². The molecule has 0 saturated heterocycles. The molecular formula is C21H17ClF3N3O3S. The molecule has 1 heterocycles. The van der Waals surface area contributed by atoms with Crippen LogP contribution in [-0.4, -0.2) is 25.9 Å². The molecule has 0 unspecified atom stereocenters. The highest BCUT2D eigenvalue weighted by molar-refractivity contribution is 7.92. The Morgan fingerprint density at radius 2 is 1.81 bits per heavy atom. The van der Waals surface area contributed by atoms with Gasteiger partial charge in [-0.25, -0.2) is 8.42 Å². The highest BCUT2D eigenvalue weighted by atomic mass is 35.5. The van der Waals surface area contributed by atoms with Crippen LogP contribution in [0.15, 0.2) is 71.9 Å². The van der Waals surface area contributed by atoms with Gasteiger partial charge < -0.3 is 5.32 Å². The first kappa shape index (κ1) is 23.6. The molecular weight excluding hydrogens is 467 g/mol. The van der Waals surface area contributed by atoms with Gasteiger partial charge in [-0.2, -0.15) is 13.2 Å². The van der Waals surface area contributed by atoms with Crippen molar-refractivity contribution in [3.63, 3.8) is 0 Å². The number of rotatable bonds is 6. The normalized spacial score (nSPS) is 11.8. The number of alkyl halides is 3. The minimum atomic E-state index is -4.82. The molecule has 0 saturated carbocycles. The fourth-order valence-corrected chi connectivity index (χ4v) is 4.44. The van der Waals surface area contributed by atoms with E-state index in [-0.39, 0.29) is 10.6 Å². The summed E-state index contributed by atoms with van der Waals surface area (Å²) < 4.78 is 67.3. The van der Waals surface area contributed by atoms with Gasteiger partial charge in [0.2, 0.25) is 5.91 Å². The fourth-order valence-electron chi connectivity index (χ4n) is 2.81. The summed E-state index contributed by atoms with van der Waals surface area (Å²) in [6, 6.07) is 11.5. The summed E-state index contributed by atoms with van der Waals surface area (Å²) in [6.07, 6.45) is -1.98. The number of nitrogens with one attached hydrogen (secondary N) is 1. The highest BCUT2D eigenvalue weighted by Crippen LogP contribution is 2.38. The maximum Gasteiger partial charge on any atom is 0.417 e. The van der Waals surface area contributed by atoms with Crippen molar-refractivity contribution in [3.8, 4) is 0 Å². The number of pyridine rings is 1. The first-order valence-corrected chi connectivity index (χ1v) is 11.0. The summed E-state index contributed by atoms with van der Waals surface area (Å²) >= 11 is 5.67. The van der Waals surface area contributed by atoms with Crippen LogP contribution in [0.25, 0.3) is 0 Å².